The molecule has 1 unspecified atom stereocenters. The SMILES string of the molecule is CNC(O)c1cc(Oc2ccc(NC(=O)Nc3ccc(Cl)c(C(F)(F)F)c3)cc2)ccn1. The molecule has 0 aliphatic rings. The number of nitrogens with zero attached hydrogens (tertiary/aromatic N) is 1. The minimum absolute atomic E-state index is 0.0589. The molecular formula is C21H18ClF3N4O3. The summed E-state index contributed by atoms with van der Waals surface area (Å²) in [5.74, 6) is 0.908. The fourth-order valence-corrected chi connectivity index (χ4v) is 2.87. The van der Waals surface area contributed by atoms with Crippen LogP contribution in [0.15, 0.2) is 60.8 Å². The summed E-state index contributed by atoms with van der Waals surface area (Å²) in [4.78, 5) is 16.2. The minimum atomic E-state index is -4.64. The molecule has 2 aromatic carbocycles. The molecule has 2 amide bonds. The smallest absolute Gasteiger partial charge is 0.417 e. The van der Waals surface area contributed by atoms with Crippen molar-refractivity contribution in [1.29, 1.82) is 0 Å². The molecule has 0 saturated heterocycles. The summed E-state index contributed by atoms with van der Waals surface area (Å²) in [5, 5.41) is 16.8. The highest BCUT2D eigenvalue weighted by Gasteiger charge is 2.33. The summed E-state index contributed by atoms with van der Waals surface area (Å²) in [6, 6.07) is 11.8. The molecule has 3 aromatic rings. The second-order valence-corrected chi connectivity index (χ2v) is 6.91. The number of urea groups is 1. The summed E-state index contributed by atoms with van der Waals surface area (Å²) in [7, 11) is 1.59. The van der Waals surface area contributed by atoms with Gasteiger partial charge >= 0.3 is 12.2 Å². The lowest BCUT2D eigenvalue weighted by Crippen LogP contribution is -2.19. The Morgan fingerprint density at radius 1 is 1.03 bits per heavy atom. The Morgan fingerprint density at radius 2 is 1.69 bits per heavy atom. The first-order chi connectivity index (χ1) is 15.2. The summed E-state index contributed by atoms with van der Waals surface area (Å²) in [5.41, 5.74) is -0.326. The highest BCUT2D eigenvalue weighted by Crippen LogP contribution is 2.36. The van der Waals surface area contributed by atoms with Crippen LogP contribution in [0.25, 0.3) is 0 Å². The molecule has 1 aromatic heterocycles. The fraction of sp³-hybridized carbons (Fsp3) is 0.143. The Hall–Kier alpha value is -3.34. The molecule has 0 aliphatic carbocycles. The maximum Gasteiger partial charge on any atom is 0.417 e. The van der Waals surface area contributed by atoms with Gasteiger partial charge in [-0.3, -0.25) is 10.3 Å². The number of alkyl halides is 3. The molecule has 7 nitrogen and oxygen atoms in total. The molecule has 0 spiro atoms. The molecular weight excluding hydrogens is 449 g/mol. The Balaban J connectivity index is 1.62. The van der Waals surface area contributed by atoms with Crippen molar-refractivity contribution in [3.63, 3.8) is 0 Å². The van der Waals surface area contributed by atoms with Crippen LogP contribution in [0, 0.1) is 0 Å². The van der Waals surface area contributed by atoms with E-state index < -0.39 is 29.0 Å². The van der Waals surface area contributed by atoms with E-state index in [-0.39, 0.29) is 5.69 Å². The molecule has 0 aliphatic heterocycles. The molecule has 32 heavy (non-hydrogen) atoms. The van der Waals surface area contributed by atoms with Crippen LogP contribution in [0.5, 0.6) is 11.5 Å². The van der Waals surface area contributed by atoms with Gasteiger partial charge in [-0.05, 0) is 55.6 Å². The monoisotopic (exact) mass is 466 g/mol. The normalized spacial score (nSPS) is 12.2. The third kappa shape index (κ3) is 6.10. The van der Waals surface area contributed by atoms with Crippen LogP contribution >= 0.6 is 11.6 Å². The summed E-state index contributed by atoms with van der Waals surface area (Å²) < 4.78 is 44.5. The molecule has 4 N–H and O–H groups in total. The van der Waals surface area contributed by atoms with Gasteiger partial charge in [0.05, 0.1) is 16.3 Å². The Kier molecular flexibility index (Phi) is 7.18. The van der Waals surface area contributed by atoms with Crippen LogP contribution in [-0.4, -0.2) is 23.2 Å². The highest BCUT2D eigenvalue weighted by molar-refractivity contribution is 6.31. The number of carbonyl (C=O) groups excluding carboxylic acids is 1. The number of pyridine rings is 1. The van der Waals surface area contributed by atoms with Gasteiger partial charge in [-0.25, -0.2) is 4.79 Å². The van der Waals surface area contributed by atoms with Gasteiger partial charge in [0.1, 0.15) is 17.7 Å². The zero-order chi connectivity index (χ0) is 23.3. The molecule has 0 saturated carbocycles. The van der Waals surface area contributed by atoms with E-state index in [1.165, 1.54) is 12.3 Å². The van der Waals surface area contributed by atoms with Gasteiger partial charge in [-0.15, -0.1) is 0 Å². The second-order valence-electron chi connectivity index (χ2n) is 6.51. The molecule has 0 radical (unpaired) electrons. The number of amides is 2. The van der Waals surface area contributed by atoms with Gasteiger partial charge in [-0.2, -0.15) is 13.2 Å². The number of ether oxygens (including phenoxy) is 1. The largest absolute Gasteiger partial charge is 0.457 e. The van der Waals surface area contributed by atoms with E-state index in [0.29, 0.717) is 22.9 Å². The van der Waals surface area contributed by atoms with E-state index in [9.17, 15) is 23.1 Å². The Labute approximate surface area is 186 Å². The number of halogens is 4. The van der Waals surface area contributed by atoms with Gasteiger partial charge in [0, 0.05) is 23.6 Å². The zero-order valence-electron chi connectivity index (χ0n) is 16.6. The fourth-order valence-electron chi connectivity index (χ4n) is 2.64. The van der Waals surface area contributed by atoms with Crippen molar-refractivity contribution in [2.75, 3.05) is 17.7 Å². The third-order valence-electron chi connectivity index (χ3n) is 4.18. The van der Waals surface area contributed by atoms with Crippen molar-refractivity contribution in [2.45, 2.75) is 12.4 Å². The number of hydrogen-bond donors (Lipinski definition) is 4. The predicted molar refractivity (Wildman–Crippen MR) is 114 cm³/mol. The van der Waals surface area contributed by atoms with Crippen molar-refractivity contribution in [3.8, 4) is 11.5 Å². The van der Waals surface area contributed by atoms with Gasteiger partial charge in [0.25, 0.3) is 0 Å². The number of hydrogen-bond acceptors (Lipinski definition) is 5. The topological polar surface area (TPSA) is 95.5 Å². The van der Waals surface area contributed by atoms with Crippen molar-refractivity contribution in [1.82, 2.24) is 10.3 Å². The van der Waals surface area contributed by atoms with Crippen molar-refractivity contribution in [2.24, 2.45) is 0 Å². The van der Waals surface area contributed by atoms with E-state index in [1.54, 1.807) is 43.4 Å². The first-order valence-electron chi connectivity index (χ1n) is 9.19. The van der Waals surface area contributed by atoms with Crippen LogP contribution in [-0.2, 0) is 6.18 Å². The highest BCUT2D eigenvalue weighted by atomic mass is 35.5. The third-order valence-corrected chi connectivity index (χ3v) is 4.51. The number of aromatic nitrogens is 1. The van der Waals surface area contributed by atoms with Crippen LogP contribution in [0.1, 0.15) is 17.5 Å². The zero-order valence-corrected chi connectivity index (χ0v) is 17.3. The number of nitrogens with one attached hydrogen (secondary N) is 3. The maximum absolute atomic E-state index is 12.9. The van der Waals surface area contributed by atoms with Crippen molar-refractivity contribution >= 4 is 29.0 Å². The lowest BCUT2D eigenvalue weighted by molar-refractivity contribution is -0.137. The molecule has 3 rings (SSSR count). The first kappa shape index (κ1) is 23.3. The number of rotatable bonds is 6. The molecule has 1 heterocycles. The minimum Gasteiger partial charge on any atom is -0.457 e. The summed E-state index contributed by atoms with van der Waals surface area (Å²) in [6.07, 6.45) is -4.08. The van der Waals surface area contributed by atoms with Crippen molar-refractivity contribution in [3.05, 3.63) is 77.1 Å². The van der Waals surface area contributed by atoms with Crippen LogP contribution in [0.4, 0.5) is 29.3 Å². The van der Waals surface area contributed by atoms with Gasteiger partial charge in [0.15, 0.2) is 0 Å². The van der Waals surface area contributed by atoms with Gasteiger partial charge < -0.3 is 20.5 Å². The van der Waals surface area contributed by atoms with E-state index >= 15 is 0 Å². The second kappa shape index (κ2) is 9.86. The first-order valence-corrected chi connectivity index (χ1v) is 9.57. The van der Waals surface area contributed by atoms with Gasteiger partial charge in [-0.1, -0.05) is 11.6 Å². The lowest BCUT2D eigenvalue weighted by Gasteiger charge is -2.13. The predicted octanol–water partition coefficient (Wildman–Crippen LogP) is 5.40. The molecule has 11 heteroatoms. The molecule has 0 fully saturated rings. The van der Waals surface area contributed by atoms with E-state index in [1.807, 2.05) is 0 Å². The lowest BCUT2D eigenvalue weighted by atomic mass is 10.2. The maximum atomic E-state index is 12.9. The van der Waals surface area contributed by atoms with Crippen LogP contribution in [0.3, 0.4) is 0 Å². The number of anilines is 2. The average Bonchev–Trinajstić information content (AvgIpc) is 2.75. The van der Waals surface area contributed by atoms with Crippen LogP contribution < -0.4 is 20.7 Å². The number of aliphatic hydroxyl groups is 1. The molecule has 1 atom stereocenters. The van der Waals surface area contributed by atoms with Crippen LogP contribution in [0.2, 0.25) is 5.02 Å². The Morgan fingerprint density at radius 3 is 2.34 bits per heavy atom. The average molecular weight is 467 g/mol. The number of benzene rings is 2. The number of carbonyl (C=O) groups is 1. The number of aliphatic hydroxyl groups excluding tert-OH is 1. The van der Waals surface area contributed by atoms with Crippen molar-refractivity contribution < 1.29 is 27.8 Å². The van der Waals surface area contributed by atoms with E-state index in [0.717, 1.165) is 12.1 Å². The molecule has 0 bridgehead atoms. The van der Waals surface area contributed by atoms with Gasteiger partial charge in [0.2, 0.25) is 0 Å². The summed E-state index contributed by atoms with van der Waals surface area (Å²) in [6.45, 7) is 0. The standard InChI is InChI=1S/C21H18ClF3N4O3/c1-26-19(30)18-11-15(8-9-27-18)32-14-5-2-12(3-6-14)28-20(31)29-13-4-7-17(22)16(10-13)21(23,24)25/h2-11,19,26,30H,1H3,(H2,28,29,31). The summed E-state index contributed by atoms with van der Waals surface area (Å²) >= 11 is 5.57. The van der Waals surface area contributed by atoms with E-state index in [4.69, 9.17) is 16.3 Å². The molecule has 168 valence electrons. The Bertz CT molecular complexity index is 1090. The van der Waals surface area contributed by atoms with E-state index in [2.05, 4.69) is 20.9 Å². The quantitative estimate of drug-likeness (QED) is 0.365.